The summed E-state index contributed by atoms with van der Waals surface area (Å²) in [5.74, 6) is -0.456. The Morgan fingerprint density at radius 2 is 2.23 bits per heavy atom. The molecule has 6 heteroatoms. The predicted octanol–water partition coefficient (Wildman–Crippen LogP) is 3.17. The van der Waals surface area contributed by atoms with E-state index < -0.39 is 12.1 Å². The van der Waals surface area contributed by atoms with E-state index >= 15 is 0 Å². The molecule has 22 heavy (non-hydrogen) atoms. The Balaban J connectivity index is 2.63. The van der Waals surface area contributed by atoms with Gasteiger partial charge >= 0.3 is 5.97 Å². The lowest BCUT2D eigenvalue weighted by molar-refractivity contribution is 0.0527. The Morgan fingerprint density at radius 1 is 1.50 bits per heavy atom. The third-order valence-corrected chi connectivity index (χ3v) is 3.41. The molecule has 0 saturated heterocycles. The fraction of sp³-hybridized carbons (Fsp3) is 0.375. The van der Waals surface area contributed by atoms with Crippen LogP contribution in [0, 0.1) is 6.92 Å². The number of nitrogens with zero attached hydrogens (tertiary/aromatic N) is 1. The number of benzene rings is 1. The van der Waals surface area contributed by atoms with Gasteiger partial charge in [-0.2, -0.15) is 0 Å². The molecule has 0 radical (unpaired) electrons. The van der Waals surface area contributed by atoms with Gasteiger partial charge in [0.1, 0.15) is 5.56 Å². The zero-order valence-corrected chi connectivity index (χ0v) is 13.6. The lowest BCUT2D eigenvalue weighted by Crippen LogP contribution is -2.18. The highest BCUT2D eigenvalue weighted by Gasteiger charge is 2.18. The summed E-state index contributed by atoms with van der Waals surface area (Å²) >= 11 is 6.13. The average Bonchev–Trinajstić information content (AvgIpc) is 2.44. The monoisotopic (exact) mass is 322 g/mol. The second-order valence-corrected chi connectivity index (χ2v) is 5.55. The van der Waals surface area contributed by atoms with Crippen molar-refractivity contribution in [2.24, 2.45) is 0 Å². The number of hydrogen-bond donors (Lipinski definition) is 2. The van der Waals surface area contributed by atoms with Crippen LogP contribution < -0.4 is 5.32 Å². The van der Waals surface area contributed by atoms with Gasteiger partial charge in [-0.05, 0) is 38.5 Å². The minimum Gasteiger partial charge on any atom is -0.462 e. The van der Waals surface area contributed by atoms with Crippen molar-refractivity contribution in [3.05, 3.63) is 34.5 Å². The minimum atomic E-state index is -0.557. The van der Waals surface area contributed by atoms with Crippen LogP contribution in [0.4, 0.5) is 5.69 Å². The molecule has 2 N–H and O–H groups in total. The van der Waals surface area contributed by atoms with Crippen LogP contribution in [0.1, 0.15) is 29.8 Å². The first-order chi connectivity index (χ1) is 10.4. The van der Waals surface area contributed by atoms with E-state index in [0.29, 0.717) is 22.8 Å². The van der Waals surface area contributed by atoms with Crippen molar-refractivity contribution in [3.63, 3.8) is 0 Å². The molecular formula is C16H19ClN2O3. The molecule has 2 rings (SSSR count). The second kappa shape index (κ2) is 6.94. The smallest absolute Gasteiger partial charge is 0.341 e. The van der Waals surface area contributed by atoms with Crippen LogP contribution in [0.25, 0.3) is 10.9 Å². The van der Waals surface area contributed by atoms with Crippen molar-refractivity contribution in [3.8, 4) is 0 Å². The molecule has 2 aromatic rings. The third kappa shape index (κ3) is 3.48. The van der Waals surface area contributed by atoms with E-state index in [9.17, 15) is 9.90 Å². The fourth-order valence-corrected chi connectivity index (χ4v) is 2.51. The Hall–Kier alpha value is -1.85. The predicted molar refractivity (Wildman–Crippen MR) is 87.6 cm³/mol. The van der Waals surface area contributed by atoms with Gasteiger partial charge < -0.3 is 15.2 Å². The summed E-state index contributed by atoms with van der Waals surface area (Å²) in [5.41, 5.74) is 2.58. The Labute approximate surface area is 134 Å². The highest BCUT2D eigenvalue weighted by Crippen LogP contribution is 2.31. The maximum atomic E-state index is 12.1. The van der Waals surface area contributed by atoms with Gasteiger partial charge in [-0.1, -0.05) is 11.6 Å². The lowest BCUT2D eigenvalue weighted by atomic mass is 10.1. The maximum absolute atomic E-state index is 12.1. The summed E-state index contributed by atoms with van der Waals surface area (Å²) in [4.78, 5) is 16.5. The van der Waals surface area contributed by atoms with Crippen LogP contribution in [-0.4, -0.2) is 35.3 Å². The van der Waals surface area contributed by atoms with Crippen molar-refractivity contribution >= 4 is 34.2 Å². The summed E-state index contributed by atoms with van der Waals surface area (Å²) in [6, 6.07) is 3.57. The number of ether oxygens (including phenoxy) is 1. The molecule has 1 aromatic heterocycles. The largest absolute Gasteiger partial charge is 0.462 e. The SMILES string of the molecule is CCOC(=O)c1cnc2c(C)cc(Cl)cc2c1NCC(C)O. The van der Waals surface area contributed by atoms with Crippen LogP contribution in [0.5, 0.6) is 0 Å². The number of pyridine rings is 1. The maximum Gasteiger partial charge on any atom is 0.341 e. The molecule has 0 saturated carbocycles. The molecule has 5 nitrogen and oxygen atoms in total. The first-order valence-electron chi connectivity index (χ1n) is 7.12. The normalized spacial score (nSPS) is 12.2. The number of aryl methyl sites for hydroxylation is 1. The molecule has 0 aliphatic heterocycles. The number of nitrogens with one attached hydrogen (secondary N) is 1. The number of aliphatic hydroxyl groups is 1. The zero-order chi connectivity index (χ0) is 16.3. The minimum absolute atomic E-state index is 0.279. The highest BCUT2D eigenvalue weighted by molar-refractivity contribution is 6.31. The quantitative estimate of drug-likeness (QED) is 0.827. The van der Waals surface area contributed by atoms with Crippen molar-refractivity contribution in [1.29, 1.82) is 0 Å². The summed E-state index contributed by atoms with van der Waals surface area (Å²) in [7, 11) is 0. The lowest BCUT2D eigenvalue weighted by Gasteiger charge is -2.16. The van der Waals surface area contributed by atoms with Gasteiger partial charge in [0.15, 0.2) is 0 Å². The van der Waals surface area contributed by atoms with Gasteiger partial charge in [0, 0.05) is 23.2 Å². The average molecular weight is 323 g/mol. The first kappa shape index (κ1) is 16.5. The van der Waals surface area contributed by atoms with Gasteiger partial charge in [-0.3, -0.25) is 4.98 Å². The number of esters is 1. The van der Waals surface area contributed by atoms with Crippen molar-refractivity contribution < 1.29 is 14.6 Å². The Morgan fingerprint density at radius 3 is 2.86 bits per heavy atom. The number of hydrogen-bond acceptors (Lipinski definition) is 5. The number of anilines is 1. The number of aromatic nitrogens is 1. The molecule has 0 aliphatic rings. The van der Waals surface area contributed by atoms with Crippen molar-refractivity contribution in [1.82, 2.24) is 4.98 Å². The number of fused-ring (bicyclic) bond motifs is 1. The molecule has 0 aliphatic carbocycles. The molecule has 0 spiro atoms. The van der Waals surface area contributed by atoms with Gasteiger partial charge in [0.2, 0.25) is 0 Å². The number of halogens is 1. The summed E-state index contributed by atoms with van der Waals surface area (Å²) in [6.45, 7) is 5.90. The zero-order valence-electron chi connectivity index (χ0n) is 12.8. The van der Waals surface area contributed by atoms with E-state index in [1.54, 1.807) is 19.9 Å². The van der Waals surface area contributed by atoms with E-state index in [-0.39, 0.29) is 6.61 Å². The molecule has 1 unspecified atom stereocenters. The van der Waals surface area contributed by atoms with Gasteiger partial charge in [0.25, 0.3) is 0 Å². The van der Waals surface area contributed by atoms with E-state index in [1.807, 2.05) is 13.0 Å². The number of carbonyl (C=O) groups is 1. The Bertz CT molecular complexity index is 701. The van der Waals surface area contributed by atoms with Crippen LogP contribution in [0.15, 0.2) is 18.3 Å². The van der Waals surface area contributed by atoms with E-state index in [4.69, 9.17) is 16.3 Å². The Kier molecular flexibility index (Phi) is 5.21. The number of carbonyl (C=O) groups excluding carboxylic acids is 1. The highest BCUT2D eigenvalue weighted by atomic mass is 35.5. The number of rotatable bonds is 5. The summed E-state index contributed by atoms with van der Waals surface area (Å²) in [5, 5.41) is 13.9. The van der Waals surface area contributed by atoms with Crippen LogP contribution in [0.3, 0.4) is 0 Å². The fourth-order valence-electron chi connectivity index (χ4n) is 2.24. The van der Waals surface area contributed by atoms with Crippen LogP contribution in [0.2, 0.25) is 5.02 Å². The van der Waals surface area contributed by atoms with Gasteiger partial charge in [0.05, 0.1) is 23.9 Å². The van der Waals surface area contributed by atoms with Gasteiger partial charge in [-0.25, -0.2) is 4.79 Å². The van der Waals surface area contributed by atoms with Crippen LogP contribution in [-0.2, 0) is 4.74 Å². The molecule has 0 amide bonds. The molecule has 1 atom stereocenters. The molecular weight excluding hydrogens is 304 g/mol. The van der Waals surface area contributed by atoms with Crippen LogP contribution >= 0.6 is 11.6 Å². The summed E-state index contributed by atoms with van der Waals surface area (Å²) < 4.78 is 5.07. The first-order valence-corrected chi connectivity index (χ1v) is 7.49. The van der Waals surface area contributed by atoms with Crippen molar-refractivity contribution in [2.45, 2.75) is 26.9 Å². The van der Waals surface area contributed by atoms with Gasteiger partial charge in [-0.15, -0.1) is 0 Å². The second-order valence-electron chi connectivity index (χ2n) is 5.12. The molecule has 1 aromatic carbocycles. The molecule has 0 fully saturated rings. The molecule has 0 bridgehead atoms. The topological polar surface area (TPSA) is 71.5 Å². The summed E-state index contributed by atoms with van der Waals surface area (Å²) in [6.07, 6.45) is 0.935. The number of aliphatic hydroxyl groups excluding tert-OH is 1. The van der Waals surface area contributed by atoms with E-state index in [1.165, 1.54) is 6.20 Å². The standard InChI is InChI=1S/C16H19ClN2O3/c1-4-22-16(21)13-8-19-14-9(2)5-11(17)6-12(14)15(13)18-7-10(3)20/h5-6,8,10,20H,4,7H2,1-3H3,(H,18,19). The molecule has 1 heterocycles. The van der Waals surface area contributed by atoms with E-state index in [0.717, 1.165) is 16.5 Å². The molecule has 118 valence electrons. The van der Waals surface area contributed by atoms with Crippen molar-refractivity contribution in [2.75, 3.05) is 18.5 Å². The third-order valence-electron chi connectivity index (χ3n) is 3.20. The van der Waals surface area contributed by atoms with E-state index in [2.05, 4.69) is 10.3 Å².